The highest BCUT2D eigenvalue weighted by Crippen LogP contribution is 2.33. The van der Waals surface area contributed by atoms with Gasteiger partial charge in [0.05, 0.1) is 22.0 Å². The molecule has 2 aliphatic heterocycles. The van der Waals surface area contributed by atoms with Gasteiger partial charge < -0.3 is 15.0 Å². The quantitative estimate of drug-likeness (QED) is 0.370. The van der Waals surface area contributed by atoms with Crippen molar-refractivity contribution in [1.82, 2.24) is 25.6 Å². The molecule has 4 heterocycles. The molecule has 0 bridgehead atoms. The van der Waals surface area contributed by atoms with Crippen LogP contribution in [0.2, 0.25) is 0 Å². The number of para-hydroxylation sites is 1. The van der Waals surface area contributed by atoms with Crippen LogP contribution in [0, 0.1) is 5.92 Å². The Kier molecular flexibility index (Phi) is 8.31. The van der Waals surface area contributed by atoms with Gasteiger partial charge in [0.2, 0.25) is 5.95 Å². The van der Waals surface area contributed by atoms with Crippen molar-refractivity contribution in [2.24, 2.45) is 5.92 Å². The van der Waals surface area contributed by atoms with Crippen LogP contribution in [0.5, 0.6) is 5.75 Å². The predicted molar refractivity (Wildman–Crippen MR) is 144 cm³/mol. The number of hydrogen-bond acceptors (Lipinski definition) is 9. The summed E-state index contributed by atoms with van der Waals surface area (Å²) in [5.74, 6) is 0.288. The minimum atomic E-state index is -4.79. The van der Waals surface area contributed by atoms with Crippen LogP contribution in [0.25, 0.3) is 17.3 Å². The monoisotopic (exact) mass is 570 g/mol. The van der Waals surface area contributed by atoms with Crippen molar-refractivity contribution in [2.45, 2.75) is 25.7 Å². The number of benzene rings is 1. The third-order valence-corrected chi connectivity index (χ3v) is 7.23. The van der Waals surface area contributed by atoms with E-state index in [0.717, 1.165) is 44.2 Å². The molecule has 2 aromatic heterocycles. The standard InChI is InChI=1S/C27H25F3N6O3S/c28-27(29,30)39-22-7-2-1-5-20(22)21-6-3-4-19(33-21)16-31-15-17-9-12-36(13-10-17)25-32-11-8-18(34-25)14-23-24(37)35-26(38)40-23/h1-8,11,14,17,31H,9-10,12-13,15-16H2,(H,35,37,38). The first-order valence-corrected chi connectivity index (χ1v) is 13.4. The summed E-state index contributed by atoms with van der Waals surface area (Å²) in [7, 11) is 0. The zero-order valence-corrected chi connectivity index (χ0v) is 22.0. The van der Waals surface area contributed by atoms with Crippen molar-refractivity contribution in [2.75, 3.05) is 24.5 Å². The van der Waals surface area contributed by atoms with Gasteiger partial charge in [0.15, 0.2) is 0 Å². The van der Waals surface area contributed by atoms with Gasteiger partial charge in [-0.05, 0) is 73.5 Å². The number of nitrogens with zero attached hydrogens (tertiary/aromatic N) is 4. The Hall–Kier alpha value is -3.97. The summed E-state index contributed by atoms with van der Waals surface area (Å²) >= 11 is 0.848. The maximum absolute atomic E-state index is 12.8. The zero-order valence-electron chi connectivity index (χ0n) is 21.1. The molecular formula is C27H25F3N6O3S. The molecule has 0 aliphatic carbocycles. The van der Waals surface area contributed by atoms with E-state index < -0.39 is 17.5 Å². The van der Waals surface area contributed by atoms with Crippen LogP contribution in [0.3, 0.4) is 0 Å². The lowest BCUT2D eigenvalue weighted by atomic mass is 9.97. The highest BCUT2D eigenvalue weighted by molar-refractivity contribution is 8.18. The minimum absolute atomic E-state index is 0.273. The molecule has 5 rings (SSSR count). The van der Waals surface area contributed by atoms with E-state index in [9.17, 15) is 22.8 Å². The van der Waals surface area contributed by atoms with Gasteiger partial charge in [0, 0.05) is 31.4 Å². The number of amides is 2. The second-order valence-corrected chi connectivity index (χ2v) is 10.3. The van der Waals surface area contributed by atoms with Crippen LogP contribution in [0.15, 0.2) is 59.6 Å². The fraction of sp³-hybridized carbons (Fsp3) is 0.296. The fourth-order valence-corrected chi connectivity index (χ4v) is 5.18. The molecule has 0 spiro atoms. The van der Waals surface area contributed by atoms with Gasteiger partial charge in [0.25, 0.3) is 11.1 Å². The van der Waals surface area contributed by atoms with Crippen LogP contribution in [-0.4, -0.2) is 52.1 Å². The Morgan fingerprint density at radius 3 is 2.62 bits per heavy atom. The number of aromatic nitrogens is 3. The number of ether oxygens (including phenoxy) is 1. The lowest BCUT2D eigenvalue weighted by Crippen LogP contribution is -2.38. The van der Waals surface area contributed by atoms with Gasteiger partial charge in [0.1, 0.15) is 5.75 Å². The first-order chi connectivity index (χ1) is 19.2. The Labute approximate surface area is 232 Å². The van der Waals surface area contributed by atoms with Gasteiger partial charge in [-0.2, -0.15) is 0 Å². The smallest absolute Gasteiger partial charge is 0.405 e. The van der Waals surface area contributed by atoms with E-state index in [1.807, 2.05) is 6.07 Å². The number of thioether (sulfide) groups is 1. The highest BCUT2D eigenvalue weighted by Gasteiger charge is 2.32. The lowest BCUT2D eigenvalue weighted by Gasteiger charge is -2.32. The molecular weight excluding hydrogens is 545 g/mol. The van der Waals surface area contributed by atoms with Crippen molar-refractivity contribution in [3.05, 3.63) is 71.0 Å². The molecule has 2 aliphatic rings. The number of rotatable bonds is 8. The lowest BCUT2D eigenvalue weighted by molar-refractivity contribution is -0.274. The van der Waals surface area contributed by atoms with Gasteiger partial charge in [-0.1, -0.05) is 18.2 Å². The summed E-state index contributed by atoms with van der Waals surface area (Å²) in [6.07, 6.45) is 0.272. The second-order valence-electron chi connectivity index (χ2n) is 9.25. The van der Waals surface area contributed by atoms with E-state index >= 15 is 0 Å². The number of hydrogen-bond donors (Lipinski definition) is 2. The number of imide groups is 1. The molecule has 2 amide bonds. The number of pyridine rings is 1. The summed E-state index contributed by atoms with van der Waals surface area (Å²) in [5, 5.41) is 5.25. The van der Waals surface area contributed by atoms with E-state index in [0.29, 0.717) is 40.4 Å². The van der Waals surface area contributed by atoms with Crippen molar-refractivity contribution >= 4 is 34.9 Å². The molecule has 13 heteroatoms. The molecule has 2 fully saturated rings. The SMILES string of the molecule is O=C1NC(=O)C(=Cc2ccnc(N3CCC(CNCc4cccc(-c5ccccc5OC(F)(F)F)n4)CC3)n2)S1. The molecule has 9 nitrogen and oxygen atoms in total. The Bertz CT molecular complexity index is 1430. The number of anilines is 1. The molecule has 2 saturated heterocycles. The molecule has 208 valence electrons. The minimum Gasteiger partial charge on any atom is -0.405 e. The zero-order chi connectivity index (χ0) is 28.1. The molecule has 0 radical (unpaired) electrons. The van der Waals surface area contributed by atoms with Crippen molar-refractivity contribution < 1.29 is 27.5 Å². The van der Waals surface area contributed by atoms with E-state index in [2.05, 4.69) is 35.2 Å². The number of alkyl halides is 3. The van der Waals surface area contributed by atoms with Gasteiger partial charge in [-0.25, -0.2) is 9.97 Å². The number of nitrogens with one attached hydrogen (secondary N) is 2. The molecule has 0 atom stereocenters. The summed E-state index contributed by atoms with van der Waals surface area (Å²) in [4.78, 5) is 39.0. The third-order valence-electron chi connectivity index (χ3n) is 6.42. The van der Waals surface area contributed by atoms with Crippen LogP contribution in [0.1, 0.15) is 24.2 Å². The average molecular weight is 571 g/mol. The molecule has 0 unspecified atom stereocenters. The van der Waals surface area contributed by atoms with E-state index in [4.69, 9.17) is 0 Å². The fourth-order valence-electron chi connectivity index (χ4n) is 4.51. The van der Waals surface area contributed by atoms with Crippen LogP contribution >= 0.6 is 11.8 Å². The van der Waals surface area contributed by atoms with Crippen LogP contribution in [-0.2, 0) is 11.3 Å². The summed E-state index contributed by atoms with van der Waals surface area (Å²) in [6, 6.07) is 12.9. The van der Waals surface area contributed by atoms with E-state index in [-0.39, 0.29) is 11.3 Å². The normalized spacial score (nSPS) is 17.4. The number of halogens is 3. The summed E-state index contributed by atoms with van der Waals surface area (Å²) < 4.78 is 42.6. The van der Waals surface area contributed by atoms with Crippen molar-refractivity contribution in [1.29, 1.82) is 0 Å². The topological polar surface area (TPSA) is 109 Å². The first kappa shape index (κ1) is 27.6. The van der Waals surface area contributed by atoms with Gasteiger partial charge >= 0.3 is 6.36 Å². The number of carbonyl (C=O) groups is 2. The summed E-state index contributed by atoms with van der Waals surface area (Å²) in [5.41, 5.74) is 1.95. The summed E-state index contributed by atoms with van der Waals surface area (Å²) in [6.45, 7) is 2.78. The molecule has 1 aromatic carbocycles. The Balaban J connectivity index is 1.13. The highest BCUT2D eigenvalue weighted by atomic mass is 32.2. The maximum Gasteiger partial charge on any atom is 0.573 e. The molecule has 2 N–H and O–H groups in total. The largest absolute Gasteiger partial charge is 0.573 e. The van der Waals surface area contributed by atoms with Gasteiger partial charge in [-0.3, -0.25) is 19.9 Å². The second kappa shape index (κ2) is 12.0. The third kappa shape index (κ3) is 7.16. The maximum atomic E-state index is 12.8. The van der Waals surface area contributed by atoms with E-state index in [1.165, 1.54) is 12.1 Å². The van der Waals surface area contributed by atoms with Gasteiger partial charge in [-0.15, -0.1) is 13.2 Å². The molecule has 0 saturated carbocycles. The predicted octanol–water partition coefficient (Wildman–Crippen LogP) is 4.77. The van der Waals surface area contributed by atoms with Crippen LogP contribution < -0.4 is 20.3 Å². The number of carbonyl (C=O) groups excluding carboxylic acids is 2. The molecule has 40 heavy (non-hydrogen) atoms. The number of piperidine rings is 1. The Morgan fingerprint density at radius 1 is 1.07 bits per heavy atom. The van der Waals surface area contributed by atoms with Crippen LogP contribution in [0.4, 0.5) is 23.9 Å². The van der Waals surface area contributed by atoms with Crippen molar-refractivity contribution in [3.63, 3.8) is 0 Å². The van der Waals surface area contributed by atoms with E-state index in [1.54, 1.807) is 42.6 Å². The van der Waals surface area contributed by atoms with Crippen molar-refractivity contribution in [3.8, 4) is 17.0 Å². The Morgan fingerprint density at radius 2 is 1.88 bits per heavy atom. The molecule has 3 aromatic rings. The average Bonchev–Trinajstić information content (AvgIpc) is 3.25. The first-order valence-electron chi connectivity index (χ1n) is 12.6.